The molecule has 1 unspecified atom stereocenters. The zero-order chi connectivity index (χ0) is 19.8. The van der Waals surface area contributed by atoms with Crippen LogP contribution in [-0.2, 0) is 4.79 Å². The van der Waals surface area contributed by atoms with Crippen molar-refractivity contribution >= 4 is 11.6 Å². The Morgan fingerprint density at radius 3 is 2.34 bits per heavy atom. The molecule has 152 valence electrons. The fraction of sp³-hybridized carbons (Fsp3) is 0.409. The van der Waals surface area contributed by atoms with Crippen LogP contribution in [0.15, 0.2) is 48.5 Å². The predicted octanol–water partition coefficient (Wildman–Crippen LogP) is 2.00. The molecule has 0 radical (unpaired) electrons. The molecule has 3 heterocycles. The highest BCUT2D eigenvalue weighted by molar-refractivity contribution is 5.82. The molecule has 0 bridgehead atoms. The number of piperazine rings is 1. The van der Waals surface area contributed by atoms with E-state index in [1.165, 1.54) is 12.1 Å². The molecule has 1 amide bonds. The summed E-state index contributed by atoms with van der Waals surface area (Å²) in [7, 11) is 0. The van der Waals surface area contributed by atoms with Gasteiger partial charge in [-0.25, -0.2) is 4.39 Å². The molecule has 0 aromatic heterocycles. The van der Waals surface area contributed by atoms with E-state index in [9.17, 15) is 9.18 Å². The van der Waals surface area contributed by atoms with Gasteiger partial charge in [0.1, 0.15) is 12.4 Å². The molecule has 2 saturated heterocycles. The average molecular weight is 397 g/mol. The van der Waals surface area contributed by atoms with Gasteiger partial charge in [-0.05, 0) is 36.4 Å². The lowest BCUT2D eigenvalue weighted by molar-refractivity contribution is -0.148. The number of carbonyl (C=O) groups excluding carboxylic acids is 1. The first-order valence-electron chi connectivity index (χ1n) is 10.1. The molecule has 1 atom stereocenters. The molecule has 2 fully saturated rings. The van der Waals surface area contributed by atoms with Crippen LogP contribution in [0.1, 0.15) is 0 Å². The van der Waals surface area contributed by atoms with Crippen molar-refractivity contribution in [2.45, 2.75) is 12.1 Å². The number of amides is 1. The third-order valence-electron chi connectivity index (χ3n) is 5.98. The van der Waals surface area contributed by atoms with Crippen molar-refractivity contribution in [3.05, 3.63) is 54.3 Å². The van der Waals surface area contributed by atoms with Crippen LogP contribution in [0.4, 0.5) is 10.1 Å². The number of rotatable bonds is 3. The minimum absolute atomic E-state index is 0.000649. The summed E-state index contributed by atoms with van der Waals surface area (Å²) in [6.45, 7) is 5.43. The van der Waals surface area contributed by atoms with Crippen LogP contribution >= 0.6 is 0 Å². The van der Waals surface area contributed by atoms with Crippen molar-refractivity contribution in [3.8, 4) is 11.5 Å². The number of fused-ring (bicyclic) bond motifs is 1. The topological polar surface area (TPSA) is 45.3 Å². The highest BCUT2D eigenvalue weighted by atomic mass is 19.1. The lowest BCUT2D eigenvalue weighted by Gasteiger charge is -2.49. The van der Waals surface area contributed by atoms with Crippen molar-refractivity contribution in [2.24, 2.45) is 0 Å². The first kappa shape index (κ1) is 18.2. The molecule has 0 saturated carbocycles. The zero-order valence-corrected chi connectivity index (χ0v) is 16.2. The monoisotopic (exact) mass is 397 g/mol. The fourth-order valence-corrected chi connectivity index (χ4v) is 4.21. The summed E-state index contributed by atoms with van der Waals surface area (Å²) < 4.78 is 24.6. The Morgan fingerprint density at radius 2 is 1.62 bits per heavy atom. The van der Waals surface area contributed by atoms with E-state index in [-0.39, 0.29) is 18.3 Å². The van der Waals surface area contributed by atoms with Gasteiger partial charge >= 0.3 is 0 Å². The smallest absolute Gasteiger partial charge is 0.267 e. The second kappa shape index (κ2) is 7.55. The van der Waals surface area contributed by atoms with Gasteiger partial charge in [-0.3, -0.25) is 9.69 Å². The summed E-state index contributed by atoms with van der Waals surface area (Å²) in [5.41, 5.74) is 1.06. The number of ether oxygens (including phenoxy) is 2. The van der Waals surface area contributed by atoms with Gasteiger partial charge < -0.3 is 19.3 Å². The Hall–Kier alpha value is -2.80. The first-order valence-corrected chi connectivity index (χ1v) is 10.1. The molecule has 2 aromatic rings. The standard InChI is InChI=1S/C22H24FN3O3/c23-16-5-7-17(8-6-16)24-9-11-25(12-10-24)18-13-26(14-18)22(27)21-15-28-19-3-1-2-4-20(19)29-21/h1-8,18,21H,9-15H2. The van der Waals surface area contributed by atoms with Gasteiger partial charge in [0.05, 0.1) is 0 Å². The van der Waals surface area contributed by atoms with Crippen LogP contribution in [0.5, 0.6) is 11.5 Å². The van der Waals surface area contributed by atoms with Gasteiger partial charge in [0.15, 0.2) is 11.5 Å². The number of hydrogen-bond donors (Lipinski definition) is 0. The van der Waals surface area contributed by atoms with E-state index in [0.717, 1.165) is 45.0 Å². The second-order valence-corrected chi connectivity index (χ2v) is 7.76. The number of benzene rings is 2. The molecule has 29 heavy (non-hydrogen) atoms. The van der Waals surface area contributed by atoms with E-state index < -0.39 is 6.10 Å². The van der Waals surface area contributed by atoms with Crippen LogP contribution in [-0.4, -0.2) is 73.7 Å². The maximum absolute atomic E-state index is 13.1. The lowest BCUT2D eigenvalue weighted by atomic mass is 10.0. The Bertz CT molecular complexity index is 877. The van der Waals surface area contributed by atoms with E-state index in [1.807, 2.05) is 41.3 Å². The number of hydrogen-bond acceptors (Lipinski definition) is 5. The van der Waals surface area contributed by atoms with Gasteiger partial charge in [0.2, 0.25) is 6.10 Å². The highest BCUT2D eigenvalue weighted by Crippen LogP contribution is 2.32. The van der Waals surface area contributed by atoms with Crippen molar-refractivity contribution in [2.75, 3.05) is 50.8 Å². The van der Waals surface area contributed by atoms with E-state index in [2.05, 4.69) is 9.80 Å². The number of likely N-dealkylation sites (tertiary alicyclic amines) is 1. The maximum atomic E-state index is 13.1. The maximum Gasteiger partial charge on any atom is 0.267 e. The molecular formula is C22H24FN3O3. The van der Waals surface area contributed by atoms with Crippen LogP contribution in [0.2, 0.25) is 0 Å². The van der Waals surface area contributed by atoms with E-state index in [4.69, 9.17) is 9.47 Å². The molecule has 5 rings (SSSR count). The fourth-order valence-electron chi connectivity index (χ4n) is 4.21. The SMILES string of the molecule is O=C(C1COc2ccccc2O1)N1CC(N2CCN(c3ccc(F)cc3)CC2)C1. The van der Waals surface area contributed by atoms with Crippen LogP contribution in [0.25, 0.3) is 0 Å². The predicted molar refractivity (Wildman–Crippen MR) is 107 cm³/mol. The third-order valence-corrected chi connectivity index (χ3v) is 5.98. The van der Waals surface area contributed by atoms with Crippen LogP contribution < -0.4 is 14.4 Å². The molecule has 2 aromatic carbocycles. The lowest BCUT2D eigenvalue weighted by Crippen LogP contribution is -2.66. The normalized spacial score (nSPS) is 22.3. The van der Waals surface area contributed by atoms with E-state index in [1.54, 1.807) is 0 Å². The molecule has 7 heteroatoms. The summed E-state index contributed by atoms with van der Waals surface area (Å²) in [4.78, 5) is 19.3. The highest BCUT2D eigenvalue weighted by Gasteiger charge is 2.40. The quantitative estimate of drug-likeness (QED) is 0.793. The molecular weight excluding hydrogens is 373 g/mol. The molecule has 3 aliphatic heterocycles. The molecule has 6 nitrogen and oxygen atoms in total. The van der Waals surface area contributed by atoms with Crippen molar-refractivity contribution in [1.29, 1.82) is 0 Å². The summed E-state index contributed by atoms with van der Waals surface area (Å²) in [6, 6.07) is 14.5. The van der Waals surface area contributed by atoms with Gasteiger partial charge in [0, 0.05) is 51.0 Å². The Labute approximate surface area is 169 Å². The number of anilines is 1. The molecule has 3 aliphatic rings. The van der Waals surface area contributed by atoms with Crippen LogP contribution in [0, 0.1) is 5.82 Å². The summed E-state index contributed by atoms with van der Waals surface area (Å²) in [5.74, 6) is 1.12. The number of halogens is 1. The van der Waals surface area contributed by atoms with Crippen molar-refractivity contribution < 1.29 is 18.7 Å². The van der Waals surface area contributed by atoms with E-state index >= 15 is 0 Å². The minimum atomic E-state index is -0.568. The number of nitrogens with zero attached hydrogens (tertiary/aromatic N) is 3. The Morgan fingerprint density at radius 1 is 0.931 bits per heavy atom. The summed E-state index contributed by atoms with van der Waals surface area (Å²) >= 11 is 0. The van der Waals surface area contributed by atoms with Gasteiger partial charge in [0.25, 0.3) is 5.91 Å². The largest absolute Gasteiger partial charge is 0.485 e. The first-order chi connectivity index (χ1) is 14.2. The van der Waals surface area contributed by atoms with Crippen molar-refractivity contribution in [1.82, 2.24) is 9.80 Å². The number of para-hydroxylation sites is 2. The van der Waals surface area contributed by atoms with Crippen LogP contribution in [0.3, 0.4) is 0 Å². The Balaban J connectivity index is 1.10. The zero-order valence-electron chi connectivity index (χ0n) is 16.2. The van der Waals surface area contributed by atoms with Gasteiger partial charge in [-0.1, -0.05) is 12.1 Å². The molecule has 0 aliphatic carbocycles. The average Bonchev–Trinajstić information content (AvgIpc) is 2.73. The second-order valence-electron chi connectivity index (χ2n) is 7.76. The summed E-state index contributed by atoms with van der Waals surface area (Å²) in [6.07, 6.45) is -0.568. The molecule has 0 N–H and O–H groups in total. The van der Waals surface area contributed by atoms with Gasteiger partial charge in [-0.2, -0.15) is 0 Å². The summed E-state index contributed by atoms with van der Waals surface area (Å²) in [5, 5.41) is 0. The van der Waals surface area contributed by atoms with Crippen molar-refractivity contribution in [3.63, 3.8) is 0 Å². The molecule has 0 spiro atoms. The Kier molecular flexibility index (Phi) is 4.75. The number of carbonyl (C=O) groups is 1. The minimum Gasteiger partial charge on any atom is -0.485 e. The van der Waals surface area contributed by atoms with Gasteiger partial charge in [-0.15, -0.1) is 0 Å². The van der Waals surface area contributed by atoms with E-state index in [0.29, 0.717) is 17.5 Å². The third kappa shape index (κ3) is 3.62.